The van der Waals surface area contributed by atoms with E-state index >= 15 is 0 Å². The number of piperidine rings is 1. The van der Waals surface area contributed by atoms with E-state index in [0.717, 1.165) is 37.2 Å². The average Bonchev–Trinajstić information content (AvgIpc) is 2.61. The maximum absolute atomic E-state index is 13.4. The van der Waals surface area contributed by atoms with Gasteiger partial charge in [0, 0.05) is 43.6 Å². The van der Waals surface area contributed by atoms with E-state index < -0.39 is 0 Å². The van der Waals surface area contributed by atoms with E-state index in [-0.39, 0.29) is 17.8 Å². The van der Waals surface area contributed by atoms with Crippen molar-refractivity contribution in [1.29, 1.82) is 0 Å². The van der Waals surface area contributed by atoms with E-state index in [1.165, 1.54) is 6.07 Å². The van der Waals surface area contributed by atoms with Gasteiger partial charge in [0.25, 0.3) is 0 Å². The molecule has 4 nitrogen and oxygen atoms in total. The van der Waals surface area contributed by atoms with Crippen LogP contribution in [0.2, 0.25) is 0 Å². The fourth-order valence-electron chi connectivity index (χ4n) is 3.11. The number of anilines is 1. The molecule has 0 aliphatic carbocycles. The van der Waals surface area contributed by atoms with Crippen LogP contribution in [0, 0.1) is 5.82 Å². The number of benzene rings is 1. The molecular weight excluding hydrogens is 305 g/mol. The monoisotopic (exact) mass is 327 g/mol. The van der Waals surface area contributed by atoms with Crippen LogP contribution in [0.25, 0.3) is 0 Å². The molecule has 5 heteroatoms. The number of hydrogen-bond acceptors (Lipinski definition) is 3. The summed E-state index contributed by atoms with van der Waals surface area (Å²) in [5, 5.41) is 3.11. The number of amides is 1. The van der Waals surface area contributed by atoms with Gasteiger partial charge in [-0.15, -0.1) is 0 Å². The second kappa shape index (κ2) is 7.90. The van der Waals surface area contributed by atoms with Crippen LogP contribution < -0.4 is 10.2 Å². The molecule has 1 saturated heterocycles. The van der Waals surface area contributed by atoms with Crippen LogP contribution in [-0.4, -0.2) is 30.0 Å². The third-order valence-electron chi connectivity index (χ3n) is 4.35. The highest BCUT2D eigenvalue weighted by Crippen LogP contribution is 2.20. The van der Waals surface area contributed by atoms with E-state index in [1.807, 2.05) is 18.2 Å². The first-order valence-corrected chi connectivity index (χ1v) is 8.39. The topological polar surface area (TPSA) is 45.2 Å². The zero-order valence-corrected chi connectivity index (χ0v) is 13.6. The Balaban J connectivity index is 1.50. The van der Waals surface area contributed by atoms with Crippen LogP contribution in [0.4, 0.5) is 10.1 Å². The molecule has 0 unspecified atom stereocenters. The van der Waals surface area contributed by atoms with E-state index in [0.29, 0.717) is 12.8 Å². The fraction of sp³-hybridized carbons (Fsp3) is 0.368. The van der Waals surface area contributed by atoms with Crippen molar-refractivity contribution >= 4 is 11.6 Å². The quantitative estimate of drug-likeness (QED) is 0.918. The Morgan fingerprint density at radius 3 is 2.92 bits per heavy atom. The van der Waals surface area contributed by atoms with Crippen molar-refractivity contribution in [1.82, 2.24) is 10.3 Å². The molecule has 126 valence electrons. The van der Waals surface area contributed by atoms with Crippen LogP contribution in [0.15, 0.2) is 48.8 Å². The standard InChI is InChI=1S/C19H22FN3O/c20-16-3-1-5-18(13-16)23-12-2-4-17(14-23)22-19(24)7-6-15-8-10-21-11-9-15/h1,3,5,8-11,13,17H,2,4,6-7,12,14H2,(H,22,24)/t17-/m1/s1. The Labute approximate surface area is 141 Å². The second-order valence-corrected chi connectivity index (χ2v) is 6.19. The summed E-state index contributed by atoms with van der Waals surface area (Å²) in [5.74, 6) is -0.158. The number of hydrogen-bond donors (Lipinski definition) is 1. The molecule has 1 amide bonds. The second-order valence-electron chi connectivity index (χ2n) is 6.19. The molecule has 1 aromatic heterocycles. The van der Waals surface area contributed by atoms with Crippen LogP contribution in [0.3, 0.4) is 0 Å². The van der Waals surface area contributed by atoms with E-state index in [9.17, 15) is 9.18 Å². The molecule has 1 aliphatic heterocycles. The van der Waals surface area contributed by atoms with Crippen LogP contribution in [-0.2, 0) is 11.2 Å². The lowest BCUT2D eigenvalue weighted by Crippen LogP contribution is -2.47. The first-order chi connectivity index (χ1) is 11.7. The maximum Gasteiger partial charge on any atom is 0.220 e. The Kier molecular flexibility index (Phi) is 5.41. The predicted molar refractivity (Wildman–Crippen MR) is 92.3 cm³/mol. The van der Waals surface area contributed by atoms with Gasteiger partial charge in [-0.05, 0) is 55.2 Å². The summed E-state index contributed by atoms with van der Waals surface area (Å²) in [4.78, 5) is 18.3. The minimum absolute atomic E-state index is 0.0675. The first kappa shape index (κ1) is 16.4. The Morgan fingerprint density at radius 2 is 2.12 bits per heavy atom. The smallest absolute Gasteiger partial charge is 0.220 e. The van der Waals surface area contributed by atoms with Gasteiger partial charge in [-0.3, -0.25) is 9.78 Å². The van der Waals surface area contributed by atoms with Gasteiger partial charge in [0.2, 0.25) is 5.91 Å². The highest BCUT2D eigenvalue weighted by molar-refractivity contribution is 5.76. The number of nitrogens with zero attached hydrogens (tertiary/aromatic N) is 2. The molecule has 3 rings (SSSR count). The normalized spacial score (nSPS) is 17.5. The lowest BCUT2D eigenvalue weighted by Gasteiger charge is -2.34. The Morgan fingerprint density at radius 1 is 1.29 bits per heavy atom. The number of carbonyl (C=O) groups is 1. The van der Waals surface area contributed by atoms with Gasteiger partial charge in [-0.25, -0.2) is 4.39 Å². The summed E-state index contributed by atoms with van der Waals surface area (Å²) >= 11 is 0. The van der Waals surface area contributed by atoms with Crippen molar-refractivity contribution < 1.29 is 9.18 Å². The van der Waals surface area contributed by atoms with Gasteiger partial charge in [0.05, 0.1) is 0 Å². The summed E-state index contributed by atoms with van der Waals surface area (Å²) in [6.07, 6.45) is 6.63. The van der Waals surface area contributed by atoms with Gasteiger partial charge in [0.15, 0.2) is 0 Å². The summed E-state index contributed by atoms with van der Waals surface area (Å²) in [6, 6.07) is 10.6. The summed E-state index contributed by atoms with van der Waals surface area (Å²) in [7, 11) is 0. The van der Waals surface area contributed by atoms with Crippen molar-refractivity contribution in [2.24, 2.45) is 0 Å². The van der Waals surface area contributed by atoms with Crippen LogP contribution in [0.5, 0.6) is 0 Å². The van der Waals surface area contributed by atoms with E-state index in [4.69, 9.17) is 0 Å². The molecule has 1 aliphatic rings. The number of rotatable bonds is 5. The molecule has 0 spiro atoms. The lowest BCUT2D eigenvalue weighted by molar-refractivity contribution is -0.121. The van der Waals surface area contributed by atoms with Gasteiger partial charge >= 0.3 is 0 Å². The van der Waals surface area contributed by atoms with Crippen LogP contribution in [0.1, 0.15) is 24.8 Å². The number of carbonyl (C=O) groups excluding carboxylic acids is 1. The number of nitrogens with one attached hydrogen (secondary N) is 1. The number of pyridine rings is 1. The van der Waals surface area contributed by atoms with Gasteiger partial charge < -0.3 is 10.2 Å². The van der Waals surface area contributed by atoms with Crippen molar-refractivity contribution in [2.45, 2.75) is 31.7 Å². The largest absolute Gasteiger partial charge is 0.369 e. The molecule has 0 bridgehead atoms. The third kappa shape index (κ3) is 4.54. The molecule has 0 radical (unpaired) electrons. The Hall–Kier alpha value is -2.43. The minimum Gasteiger partial charge on any atom is -0.369 e. The zero-order chi connectivity index (χ0) is 16.8. The predicted octanol–water partition coefficient (Wildman–Crippen LogP) is 2.94. The third-order valence-corrected chi connectivity index (χ3v) is 4.35. The summed E-state index contributed by atoms with van der Waals surface area (Å²) in [6.45, 7) is 1.62. The Bertz CT molecular complexity index is 677. The first-order valence-electron chi connectivity index (χ1n) is 8.39. The van der Waals surface area contributed by atoms with Crippen LogP contribution >= 0.6 is 0 Å². The van der Waals surface area contributed by atoms with Gasteiger partial charge in [-0.1, -0.05) is 6.07 Å². The van der Waals surface area contributed by atoms with E-state index in [2.05, 4.69) is 15.2 Å². The molecule has 2 aromatic rings. The molecular formula is C19H22FN3O. The number of aromatic nitrogens is 1. The molecule has 2 heterocycles. The van der Waals surface area contributed by atoms with Crippen molar-refractivity contribution in [3.8, 4) is 0 Å². The average molecular weight is 327 g/mol. The molecule has 24 heavy (non-hydrogen) atoms. The highest BCUT2D eigenvalue weighted by atomic mass is 19.1. The molecule has 1 fully saturated rings. The highest BCUT2D eigenvalue weighted by Gasteiger charge is 2.21. The van der Waals surface area contributed by atoms with Crippen molar-refractivity contribution in [3.05, 3.63) is 60.2 Å². The fourth-order valence-corrected chi connectivity index (χ4v) is 3.11. The SMILES string of the molecule is O=C(CCc1ccncc1)N[C@@H]1CCCN(c2cccc(F)c2)C1. The lowest BCUT2D eigenvalue weighted by atomic mass is 10.0. The van der Waals surface area contributed by atoms with E-state index in [1.54, 1.807) is 24.5 Å². The number of halogens is 1. The zero-order valence-electron chi connectivity index (χ0n) is 13.6. The molecule has 1 N–H and O–H groups in total. The molecule has 0 saturated carbocycles. The number of aryl methyl sites for hydroxylation is 1. The summed E-state index contributed by atoms with van der Waals surface area (Å²) < 4.78 is 13.4. The summed E-state index contributed by atoms with van der Waals surface area (Å²) in [5.41, 5.74) is 2.00. The molecule has 1 atom stereocenters. The van der Waals surface area contributed by atoms with Crippen molar-refractivity contribution in [2.75, 3.05) is 18.0 Å². The molecule has 1 aromatic carbocycles. The van der Waals surface area contributed by atoms with Gasteiger partial charge in [0.1, 0.15) is 5.82 Å². The maximum atomic E-state index is 13.4. The van der Waals surface area contributed by atoms with Crippen molar-refractivity contribution in [3.63, 3.8) is 0 Å². The minimum atomic E-state index is -0.226. The van der Waals surface area contributed by atoms with Gasteiger partial charge in [-0.2, -0.15) is 0 Å².